The van der Waals surface area contributed by atoms with Gasteiger partial charge in [0.1, 0.15) is 11.6 Å². The van der Waals surface area contributed by atoms with Crippen LogP contribution in [0.15, 0.2) is 53.6 Å². The summed E-state index contributed by atoms with van der Waals surface area (Å²) in [6.07, 6.45) is 2.37. The minimum absolute atomic E-state index is 0.131. The second kappa shape index (κ2) is 8.82. The molecule has 0 aliphatic carbocycles. The summed E-state index contributed by atoms with van der Waals surface area (Å²) in [4.78, 5) is 11.8. The van der Waals surface area contributed by atoms with Gasteiger partial charge in [0.25, 0.3) is 5.91 Å². The Kier molecular flexibility index (Phi) is 6.49. The van der Waals surface area contributed by atoms with Gasteiger partial charge in [0.2, 0.25) is 0 Å². The van der Waals surface area contributed by atoms with Crippen molar-refractivity contribution in [1.29, 1.82) is 0 Å². The maximum atomic E-state index is 13.0. The lowest BCUT2D eigenvalue weighted by molar-refractivity contribution is -0.123. The number of rotatable bonds is 7. The van der Waals surface area contributed by atoms with Crippen molar-refractivity contribution in [2.75, 3.05) is 6.61 Å². The molecule has 0 aliphatic rings. The van der Waals surface area contributed by atoms with Crippen LogP contribution in [0.25, 0.3) is 0 Å². The average Bonchev–Trinajstić information content (AvgIpc) is 2.59. The van der Waals surface area contributed by atoms with Gasteiger partial charge in [-0.3, -0.25) is 4.79 Å². The van der Waals surface area contributed by atoms with Gasteiger partial charge in [0.15, 0.2) is 6.61 Å². The summed E-state index contributed by atoms with van der Waals surface area (Å²) < 4.78 is 18.6. The van der Waals surface area contributed by atoms with Crippen molar-refractivity contribution in [3.63, 3.8) is 0 Å². The molecule has 5 heteroatoms. The lowest BCUT2D eigenvalue weighted by Gasteiger charge is -2.15. The van der Waals surface area contributed by atoms with Crippen molar-refractivity contribution in [2.45, 2.75) is 26.2 Å². The lowest BCUT2D eigenvalue weighted by atomic mass is 9.98. The van der Waals surface area contributed by atoms with E-state index in [1.807, 2.05) is 24.3 Å². The second-order valence-electron chi connectivity index (χ2n) is 5.48. The number of hydrogen-bond donors (Lipinski definition) is 1. The van der Waals surface area contributed by atoms with E-state index in [1.54, 1.807) is 12.1 Å². The molecule has 0 saturated heterocycles. The number of halogens is 1. The molecule has 4 nitrogen and oxygen atoms in total. The fourth-order valence-corrected chi connectivity index (χ4v) is 2.18. The maximum absolute atomic E-state index is 13.0. The molecule has 0 radical (unpaired) electrons. The summed E-state index contributed by atoms with van der Waals surface area (Å²) in [6.45, 7) is 4.09. The molecular weight excluding hydrogens is 307 g/mol. The molecule has 2 aromatic rings. The van der Waals surface area contributed by atoms with Crippen molar-refractivity contribution in [2.24, 2.45) is 5.10 Å². The third-order valence-corrected chi connectivity index (χ3v) is 3.67. The van der Waals surface area contributed by atoms with E-state index in [1.165, 1.54) is 18.3 Å². The first-order valence-corrected chi connectivity index (χ1v) is 7.89. The SMILES string of the molecule is CCC(C)c1ccccc1OCC(=O)NN=Cc1cccc(F)c1. The lowest BCUT2D eigenvalue weighted by Crippen LogP contribution is -2.25. The van der Waals surface area contributed by atoms with E-state index in [-0.39, 0.29) is 18.3 Å². The Labute approximate surface area is 141 Å². The van der Waals surface area contributed by atoms with Gasteiger partial charge in [-0.05, 0) is 41.7 Å². The van der Waals surface area contributed by atoms with Gasteiger partial charge in [-0.2, -0.15) is 5.10 Å². The normalized spacial score (nSPS) is 12.1. The molecule has 1 atom stereocenters. The monoisotopic (exact) mass is 328 g/mol. The second-order valence-corrected chi connectivity index (χ2v) is 5.48. The van der Waals surface area contributed by atoms with Gasteiger partial charge in [-0.1, -0.05) is 44.2 Å². The average molecular weight is 328 g/mol. The van der Waals surface area contributed by atoms with Crippen molar-refractivity contribution >= 4 is 12.1 Å². The largest absolute Gasteiger partial charge is 0.483 e. The molecule has 1 amide bonds. The molecule has 126 valence electrons. The van der Waals surface area contributed by atoms with E-state index >= 15 is 0 Å². The highest BCUT2D eigenvalue weighted by atomic mass is 19.1. The zero-order chi connectivity index (χ0) is 17.4. The van der Waals surface area contributed by atoms with Crippen LogP contribution in [-0.4, -0.2) is 18.7 Å². The van der Waals surface area contributed by atoms with Crippen molar-refractivity contribution in [3.05, 3.63) is 65.5 Å². The van der Waals surface area contributed by atoms with Gasteiger partial charge < -0.3 is 4.74 Å². The number of nitrogens with one attached hydrogen (secondary N) is 1. The standard InChI is InChI=1S/C19H21FN2O2/c1-3-14(2)17-9-4-5-10-18(17)24-13-19(23)22-21-12-15-7-6-8-16(20)11-15/h4-12,14H,3,13H2,1-2H3,(H,22,23). The van der Waals surface area contributed by atoms with Crippen LogP contribution in [0.1, 0.15) is 37.3 Å². The van der Waals surface area contributed by atoms with E-state index in [0.29, 0.717) is 17.2 Å². The van der Waals surface area contributed by atoms with Crippen molar-refractivity contribution in [1.82, 2.24) is 5.43 Å². The number of carbonyl (C=O) groups excluding carboxylic acids is 1. The molecule has 0 heterocycles. The predicted molar refractivity (Wildman–Crippen MR) is 92.8 cm³/mol. The molecule has 0 bridgehead atoms. The molecule has 0 fully saturated rings. The Morgan fingerprint density at radius 1 is 1.29 bits per heavy atom. The van der Waals surface area contributed by atoms with Crippen LogP contribution in [0.2, 0.25) is 0 Å². The van der Waals surface area contributed by atoms with Gasteiger partial charge in [-0.15, -0.1) is 0 Å². The van der Waals surface area contributed by atoms with Crippen LogP contribution in [-0.2, 0) is 4.79 Å². The molecule has 2 rings (SSSR count). The molecule has 24 heavy (non-hydrogen) atoms. The first kappa shape index (κ1) is 17.7. The number of hydrazone groups is 1. The first-order valence-electron chi connectivity index (χ1n) is 7.89. The molecule has 0 aromatic heterocycles. The molecule has 2 aromatic carbocycles. The Hall–Kier alpha value is -2.69. The molecule has 1 N–H and O–H groups in total. The molecule has 0 spiro atoms. The minimum Gasteiger partial charge on any atom is -0.483 e. The minimum atomic E-state index is -0.374. The summed E-state index contributed by atoms with van der Waals surface area (Å²) in [7, 11) is 0. The number of benzene rings is 2. The van der Waals surface area contributed by atoms with Crippen LogP contribution >= 0.6 is 0 Å². The zero-order valence-electron chi connectivity index (χ0n) is 13.8. The first-order chi connectivity index (χ1) is 11.6. The number of carbonyl (C=O) groups is 1. The fourth-order valence-electron chi connectivity index (χ4n) is 2.18. The van der Waals surface area contributed by atoms with Crippen LogP contribution in [0.5, 0.6) is 5.75 Å². The Morgan fingerprint density at radius 2 is 2.08 bits per heavy atom. The summed E-state index contributed by atoms with van der Waals surface area (Å²) in [5.74, 6) is 0.336. The predicted octanol–water partition coefficient (Wildman–Crippen LogP) is 3.87. The molecule has 1 unspecified atom stereocenters. The van der Waals surface area contributed by atoms with Gasteiger partial charge in [0, 0.05) is 0 Å². The molecule has 0 aliphatic heterocycles. The van der Waals surface area contributed by atoms with Gasteiger partial charge in [0.05, 0.1) is 6.21 Å². The summed E-state index contributed by atoms with van der Waals surface area (Å²) in [5, 5.41) is 3.80. The van der Waals surface area contributed by atoms with E-state index < -0.39 is 0 Å². The maximum Gasteiger partial charge on any atom is 0.277 e. The smallest absolute Gasteiger partial charge is 0.277 e. The summed E-state index contributed by atoms with van der Waals surface area (Å²) in [5.41, 5.74) is 4.01. The topological polar surface area (TPSA) is 50.7 Å². The number of para-hydroxylation sites is 1. The summed E-state index contributed by atoms with van der Waals surface area (Å²) in [6, 6.07) is 13.6. The highest BCUT2D eigenvalue weighted by Crippen LogP contribution is 2.28. The highest BCUT2D eigenvalue weighted by molar-refractivity contribution is 5.82. The van der Waals surface area contributed by atoms with Crippen LogP contribution in [0.3, 0.4) is 0 Å². The van der Waals surface area contributed by atoms with E-state index in [4.69, 9.17) is 4.74 Å². The fraction of sp³-hybridized carbons (Fsp3) is 0.263. The van der Waals surface area contributed by atoms with E-state index in [9.17, 15) is 9.18 Å². The Bertz CT molecular complexity index is 716. The van der Waals surface area contributed by atoms with E-state index in [2.05, 4.69) is 24.4 Å². The third-order valence-electron chi connectivity index (χ3n) is 3.67. The number of hydrogen-bond acceptors (Lipinski definition) is 3. The molecular formula is C19H21FN2O2. The summed E-state index contributed by atoms with van der Waals surface area (Å²) >= 11 is 0. The Morgan fingerprint density at radius 3 is 2.83 bits per heavy atom. The quantitative estimate of drug-likeness (QED) is 0.619. The van der Waals surface area contributed by atoms with Crippen molar-refractivity contribution in [3.8, 4) is 5.75 Å². The number of ether oxygens (including phenoxy) is 1. The third kappa shape index (κ3) is 5.19. The zero-order valence-corrected chi connectivity index (χ0v) is 13.8. The van der Waals surface area contributed by atoms with Crippen LogP contribution < -0.4 is 10.2 Å². The number of amides is 1. The Balaban J connectivity index is 1.88. The van der Waals surface area contributed by atoms with Crippen LogP contribution in [0.4, 0.5) is 4.39 Å². The van der Waals surface area contributed by atoms with Crippen LogP contribution in [0, 0.1) is 5.82 Å². The van der Waals surface area contributed by atoms with Gasteiger partial charge in [-0.25, -0.2) is 9.82 Å². The highest BCUT2D eigenvalue weighted by Gasteiger charge is 2.10. The molecule has 0 saturated carbocycles. The number of nitrogens with zero attached hydrogens (tertiary/aromatic N) is 1. The van der Waals surface area contributed by atoms with Gasteiger partial charge >= 0.3 is 0 Å². The van der Waals surface area contributed by atoms with Crippen molar-refractivity contribution < 1.29 is 13.9 Å². The van der Waals surface area contributed by atoms with E-state index in [0.717, 1.165) is 12.0 Å².